The van der Waals surface area contributed by atoms with Gasteiger partial charge >= 0.3 is 0 Å². The second kappa shape index (κ2) is 8.29. The molecule has 0 spiro atoms. The van der Waals surface area contributed by atoms with Crippen LogP contribution in [-0.2, 0) is 4.79 Å². The van der Waals surface area contributed by atoms with Crippen LogP contribution in [-0.4, -0.2) is 24.5 Å². The molecule has 0 bridgehead atoms. The van der Waals surface area contributed by atoms with Crippen molar-refractivity contribution in [1.29, 1.82) is 0 Å². The molecular weight excluding hydrogens is 268 g/mol. The molecule has 0 aromatic heterocycles. The first-order chi connectivity index (χ1) is 9.90. The summed E-state index contributed by atoms with van der Waals surface area (Å²) >= 11 is 0. The van der Waals surface area contributed by atoms with Gasteiger partial charge in [0.15, 0.2) is 6.61 Å². The number of carbonyl (C=O) groups excluding carboxylic acids is 2. The number of nitrogens with two attached hydrogens (primary N) is 1. The van der Waals surface area contributed by atoms with Crippen LogP contribution in [0.3, 0.4) is 0 Å². The Balaban J connectivity index is 2.66. The minimum absolute atomic E-state index is 0.0871. The zero-order valence-electron chi connectivity index (χ0n) is 12.9. The molecule has 1 aromatic rings. The maximum Gasteiger partial charge on any atom is 0.255 e. The van der Waals surface area contributed by atoms with E-state index < -0.39 is 5.91 Å². The van der Waals surface area contributed by atoms with Gasteiger partial charge in [0.25, 0.3) is 11.8 Å². The number of hydrogen-bond acceptors (Lipinski definition) is 3. The fourth-order valence-corrected chi connectivity index (χ4v) is 1.89. The van der Waals surface area contributed by atoms with E-state index in [0.29, 0.717) is 17.2 Å². The van der Waals surface area contributed by atoms with Gasteiger partial charge in [-0.25, -0.2) is 0 Å². The topological polar surface area (TPSA) is 81.4 Å². The van der Waals surface area contributed by atoms with E-state index >= 15 is 0 Å². The molecular formula is C16H24N2O3. The first-order valence-corrected chi connectivity index (χ1v) is 7.21. The number of amides is 2. The molecule has 0 aliphatic heterocycles. The minimum atomic E-state index is -0.574. The summed E-state index contributed by atoms with van der Waals surface area (Å²) < 4.78 is 5.26. The minimum Gasteiger partial charge on any atom is -0.483 e. The molecule has 0 fully saturated rings. The molecule has 5 heteroatoms. The average Bonchev–Trinajstić information content (AvgIpc) is 2.43. The molecule has 3 N–H and O–H groups in total. The fourth-order valence-electron chi connectivity index (χ4n) is 1.89. The van der Waals surface area contributed by atoms with E-state index in [4.69, 9.17) is 10.5 Å². The SMILES string of the molecule is CC(C)CCC(C)NC(=O)c1ccccc1OCC(N)=O. The first kappa shape index (κ1) is 17.0. The van der Waals surface area contributed by atoms with Gasteiger partial charge in [-0.2, -0.15) is 0 Å². The molecule has 0 heterocycles. The lowest BCUT2D eigenvalue weighted by Crippen LogP contribution is -2.33. The highest BCUT2D eigenvalue weighted by Gasteiger charge is 2.15. The summed E-state index contributed by atoms with van der Waals surface area (Å²) in [7, 11) is 0. The predicted octanol–water partition coefficient (Wildman–Crippen LogP) is 2.11. The second-order valence-corrected chi connectivity index (χ2v) is 5.60. The first-order valence-electron chi connectivity index (χ1n) is 7.21. The van der Waals surface area contributed by atoms with Crippen LogP contribution >= 0.6 is 0 Å². The fraction of sp³-hybridized carbons (Fsp3) is 0.500. The van der Waals surface area contributed by atoms with Crippen molar-refractivity contribution in [3.05, 3.63) is 29.8 Å². The van der Waals surface area contributed by atoms with Crippen molar-refractivity contribution in [1.82, 2.24) is 5.32 Å². The molecule has 1 atom stereocenters. The summed E-state index contributed by atoms with van der Waals surface area (Å²) in [5.74, 6) is 0.197. The zero-order chi connectivity index (χ0) is 15.8. The van der Waals surface area contributed by atoms with E-state index in [1.165, 1.54) is 0 Å². The molecule has 0 aliphatic rings. The average molecular weight is 292 g/mol. The third kappa shape index (κ3) is 6.29. The van der Waals surface area contributed by atoms with Gasteiger partial charge in [-0.1, -0.05) is 26.0 Å². The number of nitrogens with one attached hydrogen (secondary N) is 1. The highest BCUT2D eigenvalue weighted by Crippen LogP contribution is 2.18. The lowest BCUT2D eigenvalue weighted by atomic mass is 10.0. The Labute approximate surface area is 125 Å². The van der Waals surface area contributed by atoms with Gasteiger partial charge in [-0.05, 0) is 37.8 Å². The summed E-state index contributed by atoms with van der Waals surface area (Å²) in [6, 6.07) is 6.90. The Morgan fingerprint density at radius 1 is 1.19 bits per heavy atom. The number of primary amides is 1. The highest BCUT2D eigenvalue weighted by atomic mass is 16.5. The smallest absolute Gasteiger partial charge is 0.255 e. The van der Waals surface area contributed by atoms with Gasteiger partial charge in [0, 0.05) is 6.04 Å². The van der Waals surface area contributed by atoms with Crippen molar-refractivity contribution >= 4 is 11.8 Å². The molecule has 1 unspecified atom stereocenters. The molecule has 2 amide bonds. The summed E-state index contributed by atoms with van der Waals surface area (Å²) in [6.45, 7) is 6.05. The van der Waals surface area contributed by atoms with Gasteiger partial charge in [0.2, 0.25) is 0 Å². The maximum atomic E-state index is 12.3. The van der Waals surface area contributed by atoms with Crippen molar-refractivity contribution in [2.75, 3.05) is 6.61 Å². The number of para-hydroxylation sites is 1. The van der Waals surface area contributed by atoms with Gasteiger partial charge in [0.05, 0.1) is 5.56 Å². The van der Waals surface area contributed by atoms with Crippen LogP contribution in [0.2, 0.25) is 0 Å². The third-order valence-corrected chi connectivity index (χ3v) is 3.06. The molecule has 0 saturated heterocycles. The predicted molar refractivity (Wildman–Crippen MR) is 82.1 cm³/mol. The summed E-state index contributed by atoms with van der Waals surface area (Å²) in [6.07, 6.45) is 1.98. The van der Waals surface area contributed by atoms with Crippen molar-refractivity contribution in [2.24, 2.45) is 11.7 Å². The normalized spacial score (nSPS) is 12.0. The van der Waals surface area contributed by atoms with E-state index in [-0.39, 0.29) is 18.6 Å². The molecule has 0 saturated carbocycles. The van der Waals surface area contributed by atoms with Crippen molar-refractivity contribution in [3.8, 4) is 5.75 Å². The zero-order valence-corrected chi connectivity index (χ0v) is 12.9. The Bertz CT molecular complexity index is 486. The van der Waals surface area contributed by atoms with Crippen LogP contribution in [0.5, 0.6) is 5.75 Å². The number of hydrogen-bond donors (Lipinski definition) is 2. The monoisotopic (exact) mass is 292 g/mol. The maximum absolute atomic E-state index is 12.3. The standard InChI is InChI=1S/C16H24N2O3/c1-11(2)8-9-12(3)18-16(20)13-6-4-5-7-14(13)21-10-15(17)19/h4-7,11-12H,8-10H2,1-3H3,(H2,17,19)(H,18,20). The van der Waals surface area contributed by atoms with Gasteiger partial charge in [-0.15, -0.1) is 0 Å². The van der Waals surface area contributed by atoms with E-state index in [0.717, 1.165) is 12.8 Å². The highest BCUT2D eigenvalue weighted by molar-refractivity contribution is 5.97. The largest absolute Gasteiger partial charge is 0.483 e. The lowest BCUT2D eigenvalue weighted by Gasteiger charge is -2.16. The molecule has 116 valence electrons. The lowest BCUT2D eigenvalue weighted by molar-refractivity contribution is -0.119. The van der Waals surface area contributed by atoms with E-state index in [1.54, 1.807) is 24.3 Å². The summed E-state index contributed by atoms with van der Waals surface area (Å²) in [4.78, 5) is 23.0. The molecule has 5 nitrogen and oxygen atoms in total. The number of carbonyl (C=O) groups is 2. The van der Waals surface area contributed by atoms with Gasteiger partial charge in [-0.3, -0.25) is 9.59 Å². The summed E-state index contributed by atoms with van der Waals surface area (Å²) in [5, 5.41) is 2.94. The van der Waals surface area contributed by atoms with E-state index in [2.05, 4.69) is 19.2 Å². The van der Waals surface area contributed by atoms with Gasteiger partial charge < -0.3 is 15.8 Å². The Morgan fingerprint density at radius 2 is 1.86 bits per heavy atom. The third-order valence-electron chi connectivity index (χ3n) is 3.06. The van der Waals surface area contributed by atoms with Crippen LogP contribution in [0, 0.1) is 5.92 Å². The van der Waals surface area contributed by atoms with Crippen LogP contribution in [0.15, 0.2) is 24.3 Å². The number of rotatable bonds is 8. The quantitative estimate of drug-likeness (QED) is 0.770. The van der Waals surface area contributed by atoms with E-state index in [9.17, 15) is 9.59 Å². The number of ether oxygens (including phenoxy) is 1. The molecule has 0 aliphatic carbocycles. The Kier molecular flexibility index (Phi) is 6.72. The van der Waals surface area contributed by atoms with Crippen molar-refractivity contribution in [2.45, 2.75) is 39.7 Å². The van der Waals surface area contributed by atoms with Crippen molar-refractivity contribution in [3.63, 3.8) is 0 Å². The van der Waals surface area contributed by atoms with Crippen molar-refractivity contribution < 1.29 is 14.3 Å². The van der Waals surface area contributed by atoms with Crippen LogP contribution in [0.1, 0.15) is 44.0 Å². The number of benzene rings is 1. The second-order valence-electron chi connectivity index (χ2n) is 5.60. The van der Waals surface area contributed by atoms with E-state index in [1.807, 2.05) is 6.92 Å². The van der Waals surface area contributed by atoms with Crippen LogP contribution in [0.4, 0.5) is 0 Å². The molecule has 1 rings (SSSR count). The molecule has 21 heavy (non-hydrogen) atoms. The summed E-state index contributed by atoms with van der Waals surface area (Å²) in [5.41, 5.74) is 5.46. The molecule has 0 radical (unpaired) electrons. The molecule has 1 aromatic carbocycles. The Hall–Kier alpha value is -2.04. The van der Waals surface area contributed by atoms with Gasteiger partial charge in [0.1, 0.15) is 5.75 Å². The van der Waals surface area contributed by atoms with Crippen LogP contribution < -0.4 is 15.8 Å². The van der Waals surface area contributed by atoms with Crippen LogP contribution in [0.25, 0.3) is 0 Å². The Morgan fingerprint density at radius 3 is 2.48 bits per heavy atom.